The van der Waals surface area contributed by atoms with Crippen molar-refractivity contribution < 1.29 is 9.53 Å². The van der Waals surface area contributed by atoms with E-state index in [1.54, 1.807) is 9.58 Å². The summed E-state index contributed by atoms with van der Waals surface area (Å²) in [4.78, 5) is 18.2. The molecule has 7 heteroatoms. The predicted molar refractivity (Wildman–Crippen MR) is 85.0 cm³/mol. The van der Waals surface area contributed by atoms with Gasteiger partial charge in [0, 0.05) is 32.8 Å². The minimum Gasteiger partial charge on any atom is -0.444 e. The van der Waals surface area contributed by atoms with Crippen molar-refractivity contribution in [2.24, 2.45) is 12.0 Å². The maximum Gasteiger partial charge on any atom is 0.410 e. The van der Waals surface area contributed by atoms with Crippen LogP contribution < -0.4 is 5.32 Å². The zero-order valence-corrected chi connectivity index (χ0v) is 13.8. The summed E-state index contributed by atoms with van der Waals surface area (Å²) in [6.07, 6.45) is 2.47. The number of aromatic nitrogens is 2. The van der Waals surface area contributed by atoms with Crippen molar-refractivity contribution >= 4 is 11.9 Å². The molecule has 1 aromatic rings. The van der Waals surface area contributed by atoms with Gasteiger partial charge in [-0.05, 0) is 26.8 Å². The summed E-state index contributed by atoms with van der Waals surface area (Å²) in [5, 5.41) is 7.61. The Kier molecular flexibility index (Phi) is 5.05. The third kappa shape index (κ3) is 5.05. The maximum atomic E-state index is 12.1. The van der Waals surface area contributed by atoms with Gasteiger partial charge >= 0.3 is 6.09 Å². The Hall–Kier alpha value is -2.05. The Morgan fingerprint density at radius 1 is 1.45 bits per heavy atom. The number of nitrogens with one attached hydrogen (secondary N) is 1. The number of hydrogen-bond acceptors (Lipinski definition) is 5. The van der Waals surface area contributed by atoms with Gasteiger partial charge in [-0.15, -0.1) is 0 Å². The van der Waals surface area contributed by atoms with Crippen molar-refractivity contribution in [3.8, 4) is 0 Å². The van der Waals surface area contributed by atoms with Crippen LogP contribution in [-0.4, -0.2) is 58.4 Å². The lowest BCUT2D eigenvalue weighted by Gasteiger charge is -2.29. The number of carbonyl (C=O) groups is 1. The van der Waals surface area contributed by atoms with Crippen LogP contribution in [0.3, 0.4) is 0 Å². The predicted octanol–water partition coefficient (Wildman–Crippen LogP) is 1.20. The number of aliphatic imine (C=N–C) groups is 1. The van der Waals surface area contributed by atoms with E-state index >= 15 is 0 Å². The van der Waals surface area contributed by atoms with Crippen LogP contribution in [0, 0.1) is 0 Å². The van der Waals surface area contributed by atoms with Crippen molar-refractivity contribution in [3.05, 3.63) is 18.0 Å². The number of rotatable bonds is 3. The third-order valence-corrected chi connectivity index (χ3v) is 3.14. The van der Waals surface area contributed by atoms with Crippen LogP contribution in [0.25, 0.3) is 0 Å². The Balaban J connectivity index is 1.78. The van der Waals surface area contributed by atoms with E-state index in [0.717, 1.165) is 24.5 Å². The molecular weight excluding hydrogens is 282 g/mol. The molecule has 0 saturated heterocycles. The first-order chi connectivity index (χ1) is 10.3. The lowest BCUT2D eigenvalue weighted by molar-refractivity contribution is 0.0276. The van der Waals surface area contributed by atoms with Gasteiger partial charge in [-0.2, -0.15) is 5.10 Å². The van der Waals surface area contributed by atoms with Gasteiger partial charge in [0.05, 0.1) is 18.8 Å². The monoisotopic (exact) mass is 307 g/mol. The van der Waals surface area contributed by atoms with Crippen LogP contribution in [0.2, 0.25) is 0 Å². The van der Waals surface area contributed by atoms with Gasteiger partial charge in [-0.3, -0.25) is 14.6 Å². The summed E-state index contributed by atoms with van der Waals surface area (Å²) < 4.78 is 7.18. The molecule has 0 spiro atoms. The molecule has 2 rings (SSSR count). The van der Waals surface area contributed by atoms with Gasteiger partial charge in [0.15, 0.2) is 0 Å². The number of amidine groups is 1. The Morgan fingerprint density at radius 2 is 2.23 bits per heavy atom. The first kappa shape index (κ1) is 16.3. The second-order valence-electron chi connectivity index (χ2n) is 6.39. The number of amides is 1. The molecule has 7 nitrogen and oxygen atoms in total. The van der Waals surface area contributed by atoms with E-state index in [1.165, 1.54) is 0 Å². The molecule has 0 atom stereocenters. The van der Waals surface area contributed by atoms with Crippen LogP contribution in [0.1, 0.15) is 26.5 Å². The van der Waals surface area contributed by atoms with Crippen LogP contribution in [0.5, 0.6) is 0 Å². The van der Waals surface area contributed by atoms with Gasteiger partial charge in [0.1, 0.15) is 11.4 Å². The zero-order chi connectivity index (χ0) is 16.2. The van der Waals surface area contributed by atoms with Crippen molar-refractivity contribution in [2.75, 3.05) is 26.2 Å². The van der Waals surface area contributed by atoms with E-state index in [0.29, 0.717) is 19.6 Å². The van der Waals surface area contributed by atoms with E-state index in [-0.39, 0.29) is 6.09 Å². The minimum absolute atomic E-state index is 0.286. The molecule has 1 N–H and O–H groups in total. The Morgan fingerprint density at radius 3 is 2.86 bits per heavy atom. The fourth-order valence-electron chi connectivity index (χ4n) is 2.14. The van der Waals surface area contributed by atoms with Crippen LogP contribution >= 0.6 is 0 Å². The van der Waals surface area contributed by atoms with Gasteiger partial charge < -0.3 is 10.1 Å². The van der Waals surface area contributed by atoms with Crippen LogP contribution in [0.4, 0.5) is 4.79 Å². The summed E-state index contributed by atoms with van der Waals surface area (Å²) in [6.45, 7) is 8.03. The summed E-state index contributed by atoms with van der Waals surface area (Å²) >= 11 is 0. The van der Waals surface area contributed by atoms with Crippen molar-refractivity contribution in [3.63, 3.8) is 0 Å². The minimum atomic E-state index is -0.474. The SMILES string of the molecule is Cn1ccc(CCNC2=NCCN(C(=O)OC(C)(C)C)C2)n1. The largest absolute Gasteiger partial charge is 0.444 e. The summed E-state index contributed by atoms with van der Waals surface area (Å²) in [6, 6.07) is 2.00. The molecule has 22 heavy (non-hydrogen) atoms. The molecule has 0 aromatic carbocycles. The second kappa shape index (κ2) is 6.81. The zero-order valence-electron chi connectivity index (χ0n) is 13.8. The topological polar surface area (TPSA) is 71.8 Å². The van der Waals surface area contributed by atoms with Crippen LogP contribution in [0.15, 0.2) is 17.3 Å². The van der Waals surface area contributed by atoms with E-state index < -0.39 is 5.60 Å². The highest BCUT2D eigenvalue weighted by Crippen LogP contribution is 2.11. The second-order valence-corrected chi connectivity index (χ2v) is 6.39. The highest BCUT2D eigenvalue weighted by Gasteiger charge is 2.24. The molecular formula is C15H25N5O2. The Bertz CT molecular complexity index is 544. The number of hydrogen-bond donors (Lipinski definition) is 1. The van der Waals surface area contributed by atoms with Gasteiger partial charge in [-0.25, -0.2) is 4.79 Å². The van der Waals surface area contributed by atoms with Crippen molar-refractivity contribution in [2.45, 2.75) is 32.8 Å². The third-order valence-electron chi connectivity index (χ3n) is 3.14. The normalized spacial score (nSPS) is 15.5. The van der Waals surface area contributed by atoms with E-state index in [2.05, 4.69) is 15.4 Å². The first-order valence-electron chi connectivity index (χ1n) is 7.57. The fraction of sp³-hybridized carbons (Fsp3) is 0.667. The number of aryl methyl sites for hydroxylation is 1. The molecule has 0 unspecified atom stereocenters. The van der Waals surface area contributed by atoms with Crippen LogP contribution in [-0.2, 0) is 18.2 Å². The number of carbonyl (C=O) groups excluding carboxylic acids is 1. The van der Waals surface area contributed by atoms with E-state index in [9.17, 15) is 4.79 Å². The summed E-state index contributed by atoms with van der Waals surface area (Å²) in [7, 11) is 1.90. The molecule has 1 aliphatic heterocycles. The van der Waals surface area contributed by atoms with E-state index in [1.807, 2.05) is 40.1 Å². The summed E-state index contributed by atoms with van der Waals surface area (Å²) in [5.74, 6) is 0.827. The van der Waals surface area contributed by atoms with Crippen molar-refractivity contribution in [1.82, 2.24) is 20.0 Å². The standard InChI is InChI=1S/C15H25N5O2/c1-15(2,3)22-14(21)20-10-8-17-13(11-20)16-7-5-12-6-9-19(4)18-12/h6,9H,5,7-8,10-11H2,1-4H3,(H,16,17). The number of ether oxygens (including phenoxy) is 1. The van der Waals surface area contributed by atoms with Crippen molar-refractivity contribution in [1.29, 1.82) is 0 Å². The van der Waals surface area contributed by atoms with Gasteiger partial charge in [0.25, 0.3) is 0 Å². The molecule has 2 heterocycles. The molecule has 0 fully saturated rings. The molecule has 1 amide bonds. The smallest absolute Gasteiger partial charge is 0.410 e. The molecule has 122 valence electrons. The molecule has 0 radical (unpaired) electrons. The molecule has 1 aliphatic rings. The maximum absolute atomic E-state index is 12.1. The van der Waals surface area contributed by atoms with Gasteiger partial charge in [-0.1, -0.05) is 0 Å². The lowest BCUT2D eigenvalue weighted by Crippen LogP contribution is -2.47. The molecule has 1 aromatic heterocycles. The van der Waals surface area contributed by atoms with Gasteiger partial charge in [0.2, 0.25) is 0 Å². The molecule has 0 saturated carbocycles. The van der Waals surface area contributed by atoms with E-state index in [4.69, 9.17) is 4.74 Å². The highest BCUT2D eigenvalue weighted by atomic mass is 16.6. The molecule has 0 bridgehead atoms. The molecule has 0 aliphatic carbocycles. The average molecular weight is 307 g/mol. The summed E-state index contributed by atoms with van der Waals surface area (Å²) in [5.41, 5.74) is 0.563. The highest BCUT2D eigenvalue weighted by molar-refractivity contribution is 5.87. The number of nitrogens with zero attached hydrogens (tertiary/aromatic N) is 4. The first-order valence-corrected chi connectivity index (χ1v) is 7.57. The quantitative estimate of drug-likeness (QED) is 0.911. The Labute approximate surface area is 131 Å². The average Bonchev–Trinajstić information content (AvgIpc) is 2.83. The fourth-order valence-corrected chi connectivity index (χ4v) is 2.14. The lowest BCUT2D eigenvalue weighted by atomic mass is 10.2.